The summed E-state index contributed by atoms with van der Waals surface area (Å²) in [7, 11) is 1.92. The highest BCUT2D eigenvalue weighted by Crippen LogP contribution is 2.09. The van der Waals surface area contributed by atoms with E-state index in [0.717, 1.165) is 12.0 Å². The Bertz CT molecular complexity index is 348. The molecule has 0 aliphatic heterocycles. The van der Waals surface area contributed by atoms with Crippen LogP contribution < -0.4 is 5.73 Å². The first-order valence-corrected chi connectivity index (χ1v) is 5.33. The van der Waals surface area contributed by atoms with Gasteiger partial charge < -0.3 is 5.73 Å². The van der Waals surface area contributed by atoms with Gasteiger partial charge in [0.1, 0.15) is 11.7 Å². The second kappa shape index (κ2) is 5.61. The van der Waals surface area contributed by atoms with E-state index in [1.165, 1.54) is 12.1 Å². The van der Waals surface area contributed by atoms with Gasteiger partial charge in [0.2, 0.25) is 0 Å². The van der Waals surface area contributed by atoms with Crippen LogP contribution in [0.2, 0.25) is 0 Å². The zero-order chi connectivity index (χ0) is 12.1. The quantitative estimate of drug-likeness (QED) is 0.592. The second-order valence-electron chi connectivity index (χ2n) is 3.92. The Morgan fingerprint density at radius 2 is 2.00 bits per heavy atom. The lowest BCUT2D eigenvalue weighted by molar-refractivity contribution is 0.280. The molecule has 0 spiro atoms. The number of nitrogens with two attached hydrogens (primary N) is 1. The lowest BCUT2D eigenvalue weighted by atomic mass is 10.1. The van der Waals surface area contributed by atoms with Gasteiger partial charge in [-0.1, -0.05) is 19.1 Å². The van der Waals surface area contributed by atoms with E-state index in [1.807, 2.05) is 18.9 Å². The smallest absolute Gasteiger partial charge is 0.123 e. The molecule has 0 radical (unpaired) electrons. The summed E-state index contributed by atoms with van der Waals surface area (Å²) in [5.74, 6) is -0.0582. The average molecular weight is 223 g/mol. The third-order valence-corrected chi connectivity index (χ3v) is 2.62. The van der Waals surface area contributed by atoms with Crippen molar-refractivity contribution in [3.05, 3.63) is 35.6 Å². The van der Waals surface area contributed by atoms with Gasteiger partial charge in [-0.25, -0.2) is 4.39 Å². The fourth-order valence-electron chi connectivity index (χ4n) is 1.76. The van der Waals surface area contributed by atoms with E-state index < -0.39 is 0 Å². The van der Waals surface area contributed by atoms with Crippen molar-refractivity contribution in [2.75, 3.05) is 7.05 Å². The van der Waals surface area contributed by atoms with Gasteiger partial charge in [-0.15, -0.1) is 0 Å². The molecule has 0 aliphatic carbocycles. The maximum Gasteiger partial charge on any atom is 0.123 e. The van der Waals surface area contributed by atoms with E-state index in [4.69, 9.17) is 11.1 Å². The van der Waals surface area contributed by atoms with Crippen molar-refractivity contribution in [1.82, 2.24) is 4.90 Å². The Morgan fingerprint density at radius 3 is 2.44 bits per heavy atom. The van der Waals surface area contributed by atoms with E-state index in [9.17, 15) is 4.39 Å². The van der Waals surface area contributed by atoms with Crippen LogP contribution in [0, 0.1) is 11.2 Å². The average Bonchev–Trinajstić information content (AvgIpc) is 2.22. The number of halogens is 1. The molecule has 1 atom stereocenters. The van der Waals surface area contributed by atoms with Gasteiger partial charge in [0, 0.05) is 6.54 Å². The van der Waals surface area contributed by atoms with Gasteiger partial charge >= 0.3 is 0 Å². The highest BCUT2D eigenvalue weighted by molar-refractivity contribution is 5.82. The van der Waals surface area contributed by atoms with E-state index in [0.29, 0.717) is 6.54 Å². The van der Waals surface area contributed by atoms with Crippen molar-refractivity contribution in [1.29, 1.82) is 5.41 Å². The summed E-state index contributed by atoms with van der Waals surface area (Å²) in [6.45, 7) is 2.66. The van der Waals surface area contributed by atoms with Crippen LogP contribution in [0.3, 0.4) is 0 Å². The predicted molar refractivity (Wildman–Crippen MR) is 63.9 cm³/mol. The molecule has 3 nitrogen and oxygen atoms in total. The number of hydrogen-bond acceptors (Lipinski definition) is 2. The number of nitrogens with zero attached hydrogens (tertiary/aromatic N) is 1. The topological polar surface area (TPSA) is 53.1 Å². The number of likely N-dealkylation sites (N-methyl/N-ethyl adjacent to an activating group) is 1. The highest BCUT2D eigenvalue weighted by atomic mass is 19.1. The molecule has 4 heteroatoms. The van der Waals surface area contributed by atoms with Crippen molar-refractivity contribution >= 4 is 5.84 Å². The third-order valence-electron chi connectivity index (χ3n) is 2.62. The molecule has 3 N–H and O–H groups in total. The van der Waals surface area contributed by atoms with E-state index in [2.05, 4.69) is 0 Å². The summed E-state index contributed by atoms with van der Waals surface area (Å²) in [6, 6.07) is 6.33. The Kier molecular flexibility index (Phi) is 4.43. The minimum atomic E-state index is -0.231. The van der Waals surface area contributed by atoms with Crippen molar-refractivity contribution < 1.29 is 4.39 Å². The summed E-state index contributed by atoms with van der Waals surface area (Å²) >= 11 is 0. The maximum absolute atomic E-state index is 12.7. The zero-order valence-electron chi connectivity index (χ0n) is 9.70. The molecular weight excluding hydrogens is 205 g/mol. The van der Waals surface area contributed by atoms with Crippen LogP contribution in [0.15, 0.2) is 24.3 Å². The summed E-state index contributed by atoms with van der Waals surface area (Å²) < 4.78 is 12.7. The molecular formula is C12H18FN3. The summed E-state index contributed by atoms with van der Waals surface area (Å²) in [5.41, 5.74) is 6.52. The Hall–Kier alpha value is -1.42. The van der Waals surface area contributed by atoms with Gasteiger partial charge in [0.15, 0.2) is 0 Å². The Morgan fingerprint density at radius 1 is 1.44 bits per heavy atom. The van der Waals surface area contributed by atoms with Gasteiger partial charge in [-0.3, -0.25) is 10.3 Å². The summed E-state index contributed by atoms with van der Waals surface area (Å²) in [4.78, 5) is 2.00. The van der Waals surface area contributed by atoms with Crippen LogP contribution in [-0.2, 0) is 6.54 Å². The number of amidine groups is 1. The van der Waals surface area contributed by atoms with Crippen LogP contribution in [0.1, 0.15) is 18.9 Å². The van der Waals surface area contributed by atoms with Crippen LogP contribution in [0.5, 0.6) is 0 Å². The van der Waals surface area contributed by atoms with E-state index in [-0.39, 0.29) is 17.7 Å². The highest BCUT2D eigenvalue weighted by Gasteiger charge is 2.15. The predicted octanol–water partition coefficient (Wildman–Crippen LogP) is 1.97. The molecule has 1 aromatic carbocycles. The fraction of sp³-hybridized carbons (Fsp3) is 0.417. The molecule has 0 aromatic heterocycles. The first-order valence-electron chi connectivity index (χ1n) is 5.33. The molecule has 0 aliphatic rings. The molecule has 0 fully saturated rings. The second-order valence-corrected chi connectivity index (χ2v) is 3.92. The first kappa shape index (κ1) is 12.6. The van der Waals surface area contributed by atoms with Crippen molar-refractivity contribution in [3.8, 4) is 0 Å². The molecule has 88 valence electrons. The van der Waals surface area contributed by atoms with Crippen LogP contribution in [0.4, 0.5) is 4.39 Å². The molecule has 0 saturated carbocycles. The standard InChI is InChI=1S/C12H18FN3/c1-3-11(12(14)15)16(2)8-9-4-6-10(13)7-5-9/h4-7,11H,3,8H2,1-2H3,(H3,14,15). The molecule has 0 bridgehead atoms. The molecule has 0 amide bonds. The monoisotopic (exact) mass is 223 g/mol. The number of hydrogen-bond donors (Lipinski definition) is 2. The van der Waals surface area contributed by atoms with Gasteiger partial charge in [0.25, 0.3) is 0 Å². The number of benzene rings is 1. The maximum atomic E-state index is 12.7. The lowest BCUT2D eigenvalue weighted by Gasteiger charge is -2.25. The molecule has 1 rings (SSSR count). The lowest BCUT2D eigenvalue weighted by Crippen LogP contribution is -2.41. The largest absolute Gasteiger partial charge is 0.386 e. The minimum absolute atomic E-state index is 0.0509. The Balaban J connectivity index is 2.66. The van der Waals surface area contributed by atoms with Crippen molar-refractivity contribution in [3.63, 3.8) is 0 Å². The zero-order valence-corrected chi connectivity index (χ0v) is 9.70. The van der Waals surface area contributed by atoms with Gasteiger partial charge in [0.05, 0.1) is 6.04 Å². The Labute approximate surface area is 95.6 Å². The molecule has 1 unspecified atom stereocenters. The molecule has 0 saturated heterocycles. The van der Waals surface area contributed by atoms with Crippen LogP contribution >= 0.6 is 0 Å². The van der Waals surface area contributed by atoms with Gasteiger partial charge in [-0.2, -0.15) is 0 Å². The molecule has 1 aromatic rings. The fourth-order valence-corrected chi connectivity index (χ4v) is 1.76. The van der Waals surface area contributed by atoms with Crippen LogP contribution in [-0.4, -0.2) is 23.8 Å². The summed E-state index contributed by atoms with van der Waals surface area (Å²) in [5, 5.41) is 7.46. The molecule has 16 heavy (non-hydrogen) atoms. The van der Waals surface area contributed by atoms with Gasteiger partial charge in [-0.05, 0) is 31.2 Å². The van der Waals surface area contributed by atoms with E-state index in [1.54, 1.807) is 12.1 Å². The number of rotatable bonds is 5. The molecule has 0 heterocycles. The van der Waals surface area contributed by atoms with Crippen molar-refractivity contribution in [2.24, 2.45) is 5.73 Å². The SMILES string of the molecule is CCC(C(=N)N)N(C)Cc1ccc(F)cc1. The third kappa shape index (κ3) is 3.31. The van der Waals surface area contributed by atoms with Crippen molar-refractivity contribution in [2.45, 2.75) is 25.9 Å². The van der Waals surface area contributed by atoms with Crippen LogP contribution in [0.25, 0.3) is 0 Å². The van der Waals surface area contributed by atoms with E-state index >= 15 is 0 Å². The summed E-state index contributed by atoms with van der Waals surface area (Å²) in [6.07, 6.45) is 0.799. The first-order chi connectivity index (χ1) is 7.54. The normalized spacial score (nSPS) is 12.8. The number of nitrogens with one attached hydrogen (secondary N) is 1. The minimum Gasteiger partial charge on any atom is -0.386 e.